The summed E-state index contributed by atoms with van der Waals surface area (Å²) in [6.07, 6.45) is 4.82. The number of carbonyl (C=O) groups excluding carboxylic acids is 1. The molecule has 1 aromatic rings. The highest BCUT2D eigenvalue weighted by Crippen LogP contribution is 2.23. The van der Waals surface area contributed by atoms with Crippen LogP contribution in [0.25, 0.3) is 0 Å². The van der Waals surface area contributed by atoms with E-state index in [4.69, 9.17) is 5.14 Å². The van der Waals surface area contributed by atoms with E-state index in [9.17, 15) is 13.2 Å². The number of nitrogens with one attached hydrogen (secondary N) is 1. The average molecular weight is 282 g/mol. The number of nitrogens with two attached hydrogens (primary N) is 1. The molecule has 0 spiro atoms. The van der Waals surface area contributed by atoms with Gasteiger partial charge in [0.15, 0.2) is 0 Å². The Morgan fingerprint density at radius 2 is 1.79 bits per heavy atom. The topological polar surface area (TPSA) is 89.3 Å². The molecule has 1 amide bonds. The van der Waals surface area contributed by atoms with E-state index in [0.717, 1.165) is 0 Å². The van der Waals surface area contributed by atoms with Crippen LogP contribution in [-0.2, 0) is 10.0 Å². The summed E-state index contributed by atoms with van der Waals surface area (Å²) in [7, 11) is -3.70. The maximum atomic E-state index is 11.9. The minimum Gasteiger partial charge on any atom is -0.352 e. The summed E-state index contributed by atoms with van der Waals surface area (Å²) in [5, 5.41) is 7.88. The molecule has 5 nitrogen and oxygen atoms in total. The number of amides is 1. The summed E-state index contributed by atoms with van der Waals surface area (Å²) in [4.78, 5) is 11.9. The highest BCUT2D eigenvalue weighted by molar-refractivity contribution is 7.89. The monoisotopic (exact) mass is 282 g/mol. The number of primary sulfonamides is 1. The number of carbonyl (C=O) groups is 1. The van der Waals surface area contributed by atoms with Crippen LogP contribution < -0.4 is 10.5 Å². The third-order valence-corrected chi connectivity index (χ3v) is 4.40. The van der Waals surface area contributed by atoms with Crippen LogP contribution in [0.5, 0.6) is 0 Å². The van der Waals surface area contributed by atoms with E-state index < -0.39 is 10.0 Å². The van der Waals surface area contributed by atoms with Crippen molar-refractivity contribution < 1.29 is 13.2 Å². The largest absolute Gasteiger partial charge is 0.352 e. The lowest BCUT2D eigenvalue weighted by Gasteiger charge is -2.10. The number of hydrogen-bond acceptors (Lipinski definition) is 3. The van der Waals surface area contributed by atoms with Crippen molar-refractivity contribution in [3.63, 3.8) is 0 Å². The van der Waals surface area contributed by atoms with Crippen molar-refractivity contribution in [1.82, 2.24) is 5.32 Å². The molecule has 19 heavy (non-hydrogen) atoms. The van der Waals surface area contributed by atoms with E-state index in [0.29, 0.717) is 18.0 Å². The van der Waals surface area contributed by atoms with Gasteiger partial charge in [0.1, 0.15) is 0 Å². The molecular formula is C13H18N2O3S. The fourth-order valence-electron chi connectivity index (χ4n) is 2.35. The molecule has 0 aliphatic heterocycles. The zero-order chi connectivity index (χ0) is 13.9. The molecule has 2 rings (SSSR count). The molecule has 0 bridgehead atoms. The predicted molar refractivity (Wildman–Crippen MR) is 72.1 cm³/mol. The van der Waals surface area contributed by atoms with Crippen molar-refractivity contribution in [3.05, 3.63) is 29.8 Å². The van der Waals surface area contributed by atoms with E-state index in [1.165, 1.54) is 49.9 Å². The lowest BCUT2D eigenvalue weighted by Crippen LogP contribution is -2.28. The second-order valence-electron chi connectivity index (χ2n) is 4.93. The van der Waals surface area contributed by atoms with Gasteiger partial charge in [0.05, 0.1) is 4.90 Å². The Hall–Kier alpha value is -1.40. The number of benzene rings is 1. The highest BCUT2D eigenvalue weighted by Gasteiger charge is 2.16. The molecule has 0 heterocycles. The van der Waals surface area contributed by atoms with Crippen molar-refractivity contribution >= 4 is 15.9 Å². The van der Waals surface area contributed by atoms with Crippen LogP contribution >= 0.6 is 0 Å². The minimum absolute atomic E-state index is 0.0137. The summed E-state index contributed by atoms with van der Waals surface area (Å²) < 4.78 is 22.2. The Morgan fingerprint density at radius 1 is 1.21 bits per heavy atom. The first kappa shape index (κ1) is 14.0. The average Bonchev–Trinajstić information content (AvgIpc) is 2.88. The van der Waals surface area contributed by atoms with E-state index in [-0.39, 0.29) is 10.8 Å². The lowest BCUT2D eigenvalue weighted by atomic mass is 10.1. The van der Waals surface area contributed by atoms with Crippen LogP contribution in [0.1, 0.15) is 36.0 Å². The molecular weight excluding hydrogens is 264 g/mol. The molecule has 0 aromatic heterocycles. The van der Waals surface area contributed by atoms with Gasteiger partial charge in [-0.3, -0.25) is 4.79 Å². The second-order valence-corrected chi connectivity index (χ2v) is 6.49. The van der Waals surface area contributed by atoms with Gasteiger partial charge in [0.2, 0.25) is 10.0 Å². The Morgan fingerprint density at radius 3 is 2.32 bits per heavy atom. The maximum absolute atomic E-state index is 11.9. The summed E-state index contributed by atoms with van der Waals surface area (Å²) in [5.41, 5.74) is 0.449. The standard InChI is InChI=1S/C13H18N2O3S/c14-19(17,18)12-7-5-11(6-8-12)13(16)15-9-10-3-1-2-4-10/h5-8,10H,1-4,9H2,(H,15,16)(H2,14,17,18). The highest BCUT2D eigenvalue weighted by atomic mass is 32.2. The molecule has 104 valence electrons. The quantitative estimate of drug-likeness (QED) is 0.871. The van der Waals surface area contributed by atoms with Gasteiger partial charge >= 0.3 is 0 Å². The first-order valence-corrected chi connectivity index (χ1v) is 7.92. The number of hydrogen-bond donors (Lipinski definition) is 2. The first-order chi connectivity index (χ1) is 8.97. The molecule has 0 saturated heterocycles. The normalized spacial score (nSPS) is 16.5. The van der Waals surface area contributed by atoms with Gasteiger partial charge in [-0.25, -0.2) is 13.6 Å². The fraction of sp³-hybridized carbons (Fsp3) is 0.462. The third kappa shape index (κ3) is 3.78. The summed E-state index contributed by atoms with van der Waals surface area (Å²) in [5.74, 6) is 0.403. The number of sulfonamides is 1. The minimum atomic E-state index is -3.70. The van der Waals surface area contributed by atoms with E-state index in [1.807, 2.05) is 0 Å². The lowest BCUT2D eigenvalue weighted by molar-refractivity contribution is 0.0947. The number of rotatable bonds is 4. The molecule has 1 fully saturated rings. The summed E-state index contributed by atoms with van der Waals surface area (Å²) >= 11 is 0. The molecule has 1 saturated carbocycles. The van der Waals surface area contributed by atoms with E-state index in [1.54, 1.807) is 0 Å². The molecule has 1 aliphatic rings. The Kier molecular flexibility index (Phi) is 4.21. The molecule has 3 N–H and O–H groups in total. The van der Waals surface area contributed by atoms with Crippen LogP contribution in [-0.4, -0.2) is 20.9 Å². The summed E-state index contributed by atoms with van der Waals surface area (Å²) in [6, 6.07) is 5.65. The maximum Gasteiger partial charge on any atom is 0.251 e. The van der Waals surface area contributed by atoms with Crippen molar-refractivity contribution in [2.45, 2.75) is 30.6 Å². The van der Waals surface area contributed by atoms with Gasteiger partial charge in [-0.2, -0.15) is 0 Å². The van der Waals surface area contributed by atoms with E-state index in [2.05, 4.69) is 5.32 Å². The first-order valence-electron chi connectivity index (χ1n) is 6.38. The molecule has 0 radical (unpaired) electrons. The van der Waals surface area contributed by atoms with Crippen molar-refractivity contribution in [2.75, 3.05) is 6.54 Å². The van der Waals surface area contributed by atoms with Gasteiger partial charge < -0.3 is 5.32 Å². The van der Waals surface area contributed by atoms with Crippen molar-refractivity contribution in [3.8, 4) is 0 Å². The molecule has 0 atom stereocenters. The van der Waals surface area contributed by atoms with Crippen molar-refractivity contribution in [1.29, 1.82) is 0 Å². The Bertz CT molecular complexity index is 546. The summed E-state index contributed by atoms with van der Waals surface area (Å²) in [6.45, 7) is 0.690. The van der Waals surface area contributed by atoms with Gasteiger partial charge in [-0.05, 0) is 43.0 Å². The van der Waals surface area contributed by atoms with Gasteiger partial charge in [-0.15, -0.1) is 0 Å². The zero-order valence-electron chi connectivity index (χ0n) is 10.6. The Labute approximate surface area is 113 Å². The molecule has 1 aliphatic carbocycles. The van der Waals surface area contributed by atoms with Gasteiger partial charge in [0.25, 0.3) is 5.91 Å². The molecule has 0 unspecified atom stereocenters. The predicted octanol–water partition coefficient (Wildman–Crippen LogP) is 1.25. The van der Waals surface area contributed by atoms with E-state index >= 15 is 0 Å². The SMILES string of the molecule is NS(=O)(=O)c1ccc(C(=O)NCC2CCCC2)cc1. The smallest absolute Gasteiger partial charge is 0.251 e. The van der Waals surface area contributed by atoms with Crippen LogP contribution in [0.4, 0.5) is 0 Å². The third-order valence-electron chi connectivity index (χ3n) is 3.47. The molecule has 6 heteroatoms. The van der Waals surface area contributed by atoms with Gasteiger partial charge in [-0.1, -0.05) is 12.8 Å². The fourth-order valence-corrected chi connectivity index (χ4v) is 2.87. The molecule has 1 aromatic carbocycles. The van der Waals surface area contributed by atoms with Crippen LogP contribution in [0.15, 0.2) is 29.2 Å². The van der Waals surface area contributed by atoms with Crippen molar-refractivity contribution in [2.24, 2.45) is 11.1 Å². The second kappa shape index (κ2) is 5.71. The zero-order valence-corrected chi connectivity index (χ0v) is 11.4. The Balaban J connectivity index is 1.95. The van der Waals surface area contributed by atoms with Crippen LogP contribution in [0.3, 0.4) is 0 Å². The van der Waals surface area contributed by atoms with Crippen LogP contribution in [0.2, 0.25) is 0 Å². The van der Waals surface area contributed by atoms with Crippen LogP contribution in [0, 0.1) is 5.92 Å². The van der Waals surface area contributed by atoms with Gasteiger partial charge in [0, 0.05) is 12.1 Å².